The van der Waals surface area contributed by atoms with Crippen LogP contribution in [-0.2, 0) is 22.5 Å². The maximum atomic E-state index is 11.8. The molecule has 0 radical (unpaired) electrons. The van der Waals surface area contributed by atoms with Crippen molar-refractivity contribution in [2.24, 2.45) is 0 Å². The number of methoxy groups -OCH3 is 1. The van der Waals surface area contributed by atoms with E-state index in [-0.39, 0.29) is 11.7 Å². The van der Waals surface area contributed by atoms with Gasteiger partial charge in [-0.3, -0.25) is 4.79 Å². The lowest BCUT2D eigenvalue weighted by Crippen LogP contribution is -2.21. The first-order valence-corrected chi connectivity index (χ1v) is 6.50. The lowest BCUT2D eigenvalue weighted by atomic mass is 10.0. The normalized spacial score (nSPS) is 15.7. The number of aromatic nitrogens is 2. The van der Waals surface area contributed by atoms with Gasteiger partial charge in [0.25, 0.3) is 0 Å². The minimum absolute atomic E-state index is 0.0806. The Morgan fingerprint density at radius 3 is 2.79 bits per heavy atom. The Bertz CT molecular complexity index is 507. The fraction of sp³-hybridized carbons (Fsp3) is 0.615. The molecule has 1 unspecified atom stereocenters. The van der Waals surface area contributed by atoms with Crippen molar-refractivity contribution in [2.75, 3.05) is 7.11 Å². The summed E-state index contributed by atoms with van der Waals surface area (Å²) >= 11 is 0. The first-order valence-electron chi connectivity index (χ1n) is 6.50. The molecule has 0 amide bonds. The zero-order valence-electron chi connectivity index (χ0n) is 11.2. The van der Waals surface area contributed by atoms with Gasteiger partial charge in [0.15, 0.2) is 5.69 Å². The molecule has 6 heteroatoms. The maximum Gasteiger partial charge on any atom is 0.356 e. The SMILES string of the molecule is CCC(C(=O)OC)c1nc(C(=O)O)c2n1CCCC2. The number of fused-ring (bicyclic) bond motifs is 1. The first-order chi connectivity index (χ1) is 9.10. The van der Waals surface area contributed by atoms with E-state index in [1.54, 1.807) is 0 Å². The van der Waals surface area contributed by atoms with Gasteiger partial charge in [-0.15, -0.1) is 0 Å². The monoisotopic (exact) mass is 266 g/mol. The van der Waals surface area contributed by atoms with Gasteiger partial charge in [0.05, 0.1) is 12.8 Å². The van der Waals surface area contributed by atoms with Crippen LogP contribution in [0.25, 0.3) is 0 Å². The first kappa shape index (κ1) is 13.6. The molecule has 0 aliphatic carbocycles. The third-order valence-corrected chi connectivity index (χ3v) is 3.56. The van der Waals surface area contributed by atoms with E-state index < -0.39 is 11.9 Å². The molecule has 2 rings (SSSR count). The highest BCUT2D eigenvalue weighted by molar-refractivity contribution is 5.87. The van der Waals surface area contributed by atoms with E-state index in [4.69, 9.17) is 4.74 Å². The van der Waals surface area contributed by atoms with Gasteiger partial charge in [0, 0.05) is 6.54 Å². The standard InChI is InChI=1S/C13H18N2O4/c1-3-8(13(18)19-2)11-14-10(12(16)17)9-6-4-5-7-15(9)11/h8H,3-7H2,1-2H3,(H,16,17). The minimum Gasteiger partial charge on any atom is -0.476 e. The molecule has 0 bridgehead atoms. The molecule has 1 aromatic rings. The van der Waals surface area contributed by atoms with Crippen LogP contribution < -0.4 is 0 Å². The Kier molecular flexibility index (Phi) is 3.87. The fourth-order valence-electron chi connectivity index (χ4n) is 2.60. The number of aromatic carboxylic acids is 1. The van der Waals surface area contributed by atoms with Gasteiger partial charge in [-0.25, -0.2) is 9.78 Å². The third-order valence-electron chi connectivity index (χ3n) is 3.56. The van der Waals surface area contributed by atoms with Crippen LogP contribution >= 0.6 is 0 Å². The number of carbonyl (C=O) groups is 2. The maximum absolute atomic E-state index is 11.8. The molecule has 1 aliphatic heterocycles. The summed E-state index contributed by atoms with van der Waals surface area (Å²) in [4.78, 5) is 27.2. The van der Waals surface area contributed by atoms with Gasteiger partial charge in [-0.1, -0.05) is 6.92 Å². The van der Waals surface area contributed by atoms with Crippen molar-refractivity contribution < 1.29 is 19.4 Å². The largest absolute Gasteiger partial charge is 0.476 e. The molecular weight excluding hydrogens is 248 g/mol. The van der Waals surface area contributed by atoms with E-state index in [0.29, 0.717) is 18.7 Å². The summed E-state index contributed by atoms with van der Waals surface area (Å²) in [6.45, 7) is 2.59. The summed E-state index contributed by atoms with van der Waals surface area (Å²) in [5, 5.41) is 9.21. The zero-order chi connectivity index (χ0) is 14.0. The summed E-state index contributed by atoms with van der Waals surface area (Å²) in [6, 6.07) is 0. The molecule has 0 saturated carbocycles. The van der Waals surface area contributed by atoms with Crippen LogP contribution in [0.1, 0.15) is 54.1 Å². The van der Waals surface area contributed by atoms with Gasteiger partial charge < -0.3 is 14.4 Å². The van der Waals surface area contributed by atoms with E-state index in [9.17, 15) is 14.7 Å². The highest BCUT2D eigenvalue weighted by Gasteiger charge is 2.31. The van der Waals surface area contributed by atoms with Crippen molar-refractivity contribution in [2.45, 2.75) is 45.1 Å². The van der Waals surface area contributed by atoms with E-state index in [1.165, 1.54) is 7.11 Å². The van der Waals surface area contributed by atoms with Gasteiger partial charge in [-0.2, -0.15) is 0 Å². The number of nitrogens with zero attached hydrogens (tertiary/aromatic N) is 2. The predicted molar refractivity (Wildman–Crippen MR) is 67.2 cm³/mol. The molecule has 1 atom stereocenters. The van der Waals surface area contributed by atoms with Crippen LogP contribution in [0, 0.1) is 0 Å². The number of rotatable bonds is 4. The number of hydrogen-bond acceptors (Lipinski definition) is 4. The van der Waals surface area contributed by atoms with Gasteiger partial charge in [0.2, 0.25) is 0 Å². The number of esters is 1. The van der Waals surface area contributed by atoms with Gasteiger partial charge in [0.1, 0.15) is 11.7 Å². The molecule has 1 N–H and O–H groups in total. The number of hydrogen-bond donors (Lipinski definition) is 1. The molecule has 1 aromatic heterocycles. The Labute approximate surface area is 111 Å². The lowest BCUT2D eigenvalue weighted by Gasteiger charge is -2.19. The van der Waals surface area contributed by atoms with Crippen molar-refractivity contribution >= 4 is 11.9 Å². The van der Waals surface area contributed by atoms with Crippen LogP contribution in [0.3, 0.4) is 0 Å². The second kappa shape index (κ2) is 5.42. The van der Waals surface area contributed by atoms with E-state index >= 15 is 0 Å². The number of carboxylic acids is 1. The Morgan fingerprint density at radius 2 is 2.21 bits per heavy atom. The van der Waals surface area contributed by atoms with Gasteiger partial charge >= 0.3 is 11.9 Å². The fourth-order valence-corrected chi connectivity index (χ4v) is 2.60. The predicted octanol–water partition coefficient (Wildman–Crippen LogP) is 1.58. The highest BCUT2D eigenvalue weighted by Crippen LogP contribution is 2.27. The number of ether oxygens (including phenoxy) is 1. The molecule has 1 aliphatic rings. The van der Waals surface area contributed by atoms with Crippen LogP contribution in [0.4, 0.5) is 0 Å². The lowest BCUT2D eigenvalue weighted by molar-refractivity contribution is -0.142. The second-order valence-electron chi connectivity index (χ2n) is 4.66. The smallest absolute Gasteiger partial charge is 0.356 e. The quantitative estimate of drug-likeness (QED) is 0.837. The molecule has 104 valence electrons. The summed E-state index contributed by atoms with van der Waals surface area (Å²) in [5.41, 5.74) is 0.813. The van der Waals surface area contributed by atoms with Crippen LogP contribution in [0.2, 0.25) is 0 Å². The summed E-state index contributed by atoms with van der Waals surface area (Å²) in [6.07, 6.45) is 3.18. The molecule has 2 heterocycles. The number of carbonyl (C=O) groups excluding carboxylic acids is 1. The van der Waals surface area contributed by atoms with Crippen molar-refractivity contribution in [1.29, 1.82) is 0 Å². The summed E-state index contributed by atoms with van der Waals surface area (Å²) in [5.74, 6) is -1.36. The summed E-state index contributed by atoms with van der Waals surface area (Å²) in [7, 11) is 1.34. The Balaban J connectivity index is 2.50. The molecular formula is C13H18N2O4. The topological polar surface area (TPSA) is 81.4 Å². The van der Waals surface area contributed by atoms with Crippen molar-refractivity contribution in [3.63, 3.8) is 0 Å². The molecule has 0 spiro atoms. The number of imidazole rings is 1. The van der Waals surface area contributed by atoms with Crippen molar-refractivity contribution in [3.05, 3.63) is 17.2 Å². The minimum atomic E-state index is -1.03. The third kappa shape index (κ3) is 2.34. The average molecular weight is 266 g/mol. The van der Waals surface area contributed by atoms with E-state index in [0.717, 1.165) is 25.1 Å². The molecule has 0 saturated heterocycles. The van der Waals surface area contributed by atoms with Crippen LogP contribution in [0.5, 0.6) is 0 Å². The Morgan fingerprint density at radius 1 is 1.47 bits per heavy atom. The zero-order valence-corrected chi connectivity index (χ0v) is 11.2. The van der Waals surface area contributed by atoms with Crippen LogP contribution in [0.15, 0.2) is 0 Å². The van der Waals surface area contributed by atoms with Crippen molar-refractivity contribution in [1.82, 2.24) is 9.55 Å². The molecule has 0 fully saturated rings. The Hall–Kier alpha value is -1.85. The highest BCUT2D eigenvalue weighted by atomic mass is 16.5. The van der Waals surface area contributed by atoms with Crippen LogP contribution in [-0.4, -0.2) is 33.7 Å². The summed E-state index contributed by atoms with van der Waals surface area (Å²) < 4.78 is 6.67. The van der Waals surface area contributed by atoms with E-state index in [1.807, 2.05) is 11.5 Å². The average Bonchev–Trinajstić information content (AvgIpc) is 2.79. The van der Waals surface area contributed by atoms with Crippen molar-refractivity contribution in [3.8, 4) is 0 Å². The van der Waals surface area contributed by atoms with Gasteiger partial charge in [-0.05, 0) is 25.7 Å². The molecule has 6 nitrogen and oxygen atoms in total. The number of carboxylic acid groups (broad SMARTS) is 1. The second-order valence-corrected chi connectivity index (χ2v) is 4.66. The van der Waals surface area contributed by atoms with E-state index in [2.05, 4.69) is 4.98 Å². The molecule has 19 heavy (non-hydrogen) atoms. The molecule has 0 aromatic carbocycles.